The molecule has 2 atom stereocenters. The van der Waals surface area contributed by atoms with Crippen LogP contribution in [0.1, 0.15) is 64.6 Å². The average Bonchev–Trinajstić information content (AvgIpc) is 2.86. The zero-order valence-electron chi connectivity index (χ0n) is 13.7. The maximum absolute atomic E-state index is 12.3. The van der Waals surface area contributed by atoms with Crippen LogP contribution < -0.4 is 5.32 Å². The highest BCUT2D eigenvalue weighted by Crippen LogP contribution is 2.20. The van der Waals surface area contributed by atoms with Crippen molar-refractivity contribution in [2.24, 2.45) is 0 Å². The van der Waals surface area contributed by atoms with E-state index in [1.807, 2.05) is 26.2 Å². The summed E-state index contributed by atoms with van der Waals surface area (Å²) >= 11 is 1.59. The summed E-state index contributed by atoms with van der Waals surface area (Å²) in [7, 11) is -1.25. The summed E-state index contributed by atoms with van der Waals surface area (Å²) in [6.45, 7) is 11.8. The van der Waals surface area contributed by atoms with Crippen molar-refractivity contribution in [3.8, 4) is 0 Å². The van der Waals surface area contributed by atoms with Crippen LogP contribution in [-0.2, 0) is 21.3 Å². The summed E-state index contributed by atoms with van der Waals surface area (Å²) in [6, 6.07) is 0. The van der Waals surface area contributed by atoms with E-state index < -0.39 is 16.0 Å². The molecule has 0 aliphatic rings. The molecule has 1 amide bonds. The molecule has 0 saturated heterocycles. The highest BCUT2D eigenvalue weighted by atomic mass is 32.2. The van der Waals surface area contributed by atoms with E-state index in [-0.39, 0.29) is 11.4 Å². The third-order valence-corrected chi connectivity index (χ3v) is 6.24. The molecule has 0 aliphatic carbocycles. The highest BCUT2D eigenvalue weighted by molar-refractivity contribution is 7.85. The van der Waals surface area contributed by atoms with Crippen molar-refractivity contribution in [2.75, 3.05) is 0 Å². The largest absolute Gasteiger partial charge is 0.350 e. The Morgan fingerprint density at radius 1 is 1.43 bits per heavy atom. The van der Waals surface area contributed by atoms with Gasteiger partial charge in [-0.2, -0.15) is 0 Å². The Hall–Kier alpha value is -0.750. The first-order valence-corrected chi connectivity index (χ1v) is 9.56. The Bertz CT molecular complexity index is 510. The van der Waals surface area contributed by atoms with Gasteiger partial charge in [-0.15, -0.1) is 11.3 Å². The van der Waals surface area contributed by atoms with Crippen LogP contribution in [0.2, 0.25) is 0 Å². The smallest absolute Gasteiger partial charge is 0.235 e. The van der Waals surface area contributed by atoms with E-state index in [1.54, 1.807) is 18.3 Å². The lowest BCUT2D eigenvalue weighted by Crippen LogP contribution is -2.47. The molecule has 4 nitrogen and oxygen atoms in total. The van der Waals surface area contributed by atoms with E-state index >= 15 is 0 Å². The normalized spacial score (nSPS) is 15.0. The lowest BCUT2D eigenvalue weighted by atomic mass is 10.0. The van der Waals surface area contributed by atoms with E-state index in [1.165, 1.54) is 0 Å². The molecule has 6 heteroatoms. The minimum absolute atomic E-state index is 0.153. The quantitative estimate of drug-likeness (QED) is 0.835. The first-order chi connectivity index (χ1) is 9.66. The maximum atomic E-state index is 12.3. The number of nitrogens with one attached hydrogen (secondary N) is 1. The Morgan fingerprint density at radius 2 is 2.05 bits per heavy atom. The molecule has 1 aromatic heterocycles. The molecule has 0 spiro atoms. The predicted octanol–water partition coefficient (Wildman–Crippen LogP) is 3.21. The van der Waals surface area contributed by atoms with E-state index in [9.17, 15) is 9.00 Å². The average molecular weight is 331 g/mol. The summed E-state index contributed by atoms with van der Waals surface area (Å²) in [6.07, 6.45) is 0.835. The molecule has 1 rings (SSSR count). The van der Waals surface area contributed by atoms with Crippen LogP contribution in [0.4, 0.5) is 0 Å². The zero-order valence-corrected chi connectivity index (χ0v) is 15.4. The molecular weight excluding hydrogens is 304 g/mol. The van der Waals surface area contributed by atoms with E-state index in [0.717, 1.165) is 17.1 Å². The van der Waals surface area contributed by atoms with Gasteiger partial charge in [-0.25, -0.2) is 4.98 Å². The lowest BCUT2D eigenvalue weighted by Gasteiger charge is -2.26. The minimum atomic E-state index is -1.25. The fourth-order valence-corrected chi connectivity index (χ4v) is 3.50. The molecule has 0 unspecified atom stereocenters. The van der Waals surface area contributed by atoms with E-state index in [4.69, 9.17) is 0 Å². The standard InChI is InChI=1S/C15H26N2O2S2/c1-7-15(5,6)17-13(18)11(4)21(19)9-12-8-20-14(16-12)10(2)3/h8,10-11H,7,9H2,1-6H3,(H,17,18)/t11-,21-/m0/s1. The van der Waals surface area contributed by atoms with Crippen LogP contribution in [0.15, 0.2) is 5.38 Å². The molecule has 0 bridgehead atoms. The molecule has 21 heavy (non-hydrogen) atoms. The van der Waals surface area contributed by atoms with Crippen molar-refractivity contribution in [1.29, 1.82) is 0 Å². The first kappa shape index (κ1) is 18.3. The monoisotopic (exact) mass is 330 g/mol. The number of hydrogen-bond acceptors (Lipinski definition) is 4. The van der Waals surface area contributed by atoms with Crippen molar-refractivity contribution in [1.82, 2.24) is 10.3 Å². The number of thiazole rings is 1. The molecule has 0 saturated carbocycles. The summed E-state index contributed by atoms with van der Waals surface area (Å²) in [5.41, 5.74) is 0.553. The number of amides is 1. The SMILES string of the molecule is CCC(C)(C)NC(=O)[C@H](C)[S@@](=O)Cc1csc(C(C)C)n1. The number of aromatic nitrogens is 1. The van der Waals surface area contributed by atoms with Crippen LogP contribution in [0.5, 0.6) is 0 Å². The van der Waals surface area contributed by atoms with Gasteiger partial charge in [0, 0.05) is 27.6 Å². The Morgan fingerprint density at radius 3 is 2.52 bits per heavy atom. The van der Waals surface area contributed by atoms with Crippen molar-refractivity contribution in [3.05, 3.63) is 16.1 Å². The van der Waals surface area contributed by atoms with Crippen LogP contribution >= 0.6 is 11.3 Å². The van der Waals surface area contributed by atoms with Gasteiger partial charge in [-0.05, 0) is 27.2 Å². The third-order valence-electron chi connectivity index (χ3n) is 3.46. The van der Waals surface area contributed by atoms with Crippen molar-refractivity contribution in [2.45, 2.75) is 70.4 Å². The van der Waals surface area contributed by atoms with Crippen LogP contribution in [0.3, 0.4) is 0 Å². The third kappa shape index (κ3) is 5.51. The Kier molecular flexibility index (Phi) is 6.53. The molecule has 1 N–H and O–H groups in total. The molecule has 0 radical (unpaired) electrons. The van der Waals surface area contributed by atoms with Crippen LogP contribution in [-0.4, -0.2) is 25.9 Å². The second-order valence-corrected chi connectivity index (χ2v) is 8.87. The molecule has 0 aromatic carbocycles. The maximum Gasteiger partial charge on any atom is 0.235 e. The number of nitrogens with zero attached hydrogens (tertiary/aromatic N) is 1. The fourth-order valence-electron chi connectivity index (χ4n) is 1.57. The second kappa shape index (κ2) is 7.49. The summed E-state index contributed by atoms with van der Waals surface area (Å²) in [5.74, 6) is 0.562. The molecule has 1 aromatic rings. The molecule has 0 fully saturated rings. The van der Waals surface area contributed by atoms with Crippen molar-refractivity contribution in [3.63, 3.8) is 0 Å². The lowest BCUT2D eigenvalue weighted by molar-refractivity contribution is -0.121. The number of hydrogen-bond donors (Lipinski definition) is 1. The topological polar surface area (TPSA) is 59.1 Å². The number of carbonyl (C=O) groups excluding carboxylic acids is 1. The first-order valence-electron chi connectivity index (χ1n) is 7.29. The molecule has 0 aliphatic heterocycles. The van der Waals surface area contributed by atoms with E-state index in [2.05, 4.69) is 24.1 Å². The van der Waals surface area contributed by atoms with Gasteiger partial charge in [-0.3, -0.25) is 9.00 Å². The van der Waals surface area contributed by atoms with Gasteiger partial charge in [0.25, 0.3) is 0 Å². The molecular formula is C15H26N2O2S2. The van der Waals surface area contributed by atoms with E-state index in [0.29, 0.717) is 11.7 Å². The fraction of sp³-hybridized carbons (Fsp3) is 0.733. The Labute approximate surface area is 134 Å². The van der Waals surface area contributed by atoms with Crippen molar-refractivity contribution < 1.29 is 9.00 Å². The van der Waals surface area contributed by atoms with Gasteiger partial charge < -0.3 is 5.32 Å². The minimum Gasteiger partial charge on any atom is -0.350 e. The van der Waals surface area contributed by atoms with Gasteiger partial charge in [0.05, 0.1) is 16.5 Å². The Balaban J connectivity index is 2.63. The van der Waals surface area contributed by atoms with Gasteiger partial charge >= 0.3 is 0 Å². The molecule has 1 heterocycles. The van der Waals surface area contributed by atoms with Crippen molar-refractivity contribution >= 4 is 28.0 Å². The summed E-state index contributed by atoms with van der Waals surface area (Å²) in [5, 5.41) is 5.40. The zero-order chi connectivity index (χ0) is 16.2. The van der Waals surface area contributed by atoms with Gasteiger partial charge in [0.2, 0.25) is 5.91 Å². The number of carbonyl (C=O) groups is 1. The predicted molar refractivity (Wildman–Crippen MR) is 90.0 cm³/mol. The van der Waals surface area contributed by atoms with Gasteiger partial charge in [-0.1, -0.05) is 20.8 Å². The van der Waals surface area contributed by atoms with Crippen LogP contribution in [0, 0.1) is 0 Å². The summed E-state index contributed by atoms with van der Waals surface area (Å²) in [4.78, 5) is 16.6. The van der Waals surface area contributed by atoms with Crippen LogP contribution in [0.25, 0.3) is 0 Å². The second-order valence-electron chi connectivity index (χ2n) is 6.23. The summed E-state index contributed by atoms with van der Waals surface area (Å²) < 4.78 is 12.3. The van der Waals surface area contributed by atoms with Gasteiger partial charge in [0.1, 0.15) is 5.25 Å². The van der Waals surface area contributed by atoms with Gasteiger partial charge in [0.15, 0.2) is 0 Å². The highest BCUT2D eigenvalue weighted by Gasteiger charge is 2.26. The molecule has 120 valence electrons. The number of rotatable bonds is 7.